The van der Waals surface area contributed by atoms with Crippen LogP contribution in [0.25, 0.3) is 0 Å². The average molecular weight is 374 g/mol. The molecule has 1 rings (SSSR count). The third kappa shape index (κ3) is 6.67. The molecule has 0 heterocycles. The minimum absolute atomic E-state index is 0.359. The van der Waals surface area contributed by atoms with Crippen LogP contribution in [-0.4, -0.2) is 42.6 Å². The maximum Gasteiger partial charge on any atom is 0.329 e. The normalized spacial score (nSPS) is 11.5. The molecule has 24 heavy (non-hydrogen) atoms. The van der Waals surface area contributed by atoms with E-state index in [1.807, 2.05) is 6.26 Å². The number of hydrogen-bond acceptors (Lipinski definition) is 5. The van der Waals surface area contributed by atoms with Gasteiger partial charge in [0, 0.05) is 10.7 Å². The molecule has 4 N–H and O–H groups in total. The monoisotopic (exact) mass is 373 g/mol. The Morgan fingerprint density at radius 2 is 2.08 bits per heavy atom. The average Bonchev–Trinajstić information content (AvgIpc) is 2.53. The van der Waals surface area contributed by atoms with Gasteiger partial charge in [0.2, 0.25) is 0 Å². The van der Waals surface area contributed by atoms with E-state index >= 15 is 0 Å². The first-order valence-electron chi connectivity index (χ1n) is 7.11. The van der Waals surface area contributed by atoms with E-state index in [1.54, 1.807) is 25.1 Å². The molecule has 0 aromatic heterocycles. The van der Waals surface area contributed by atoms with E-state index in [-0.39, 0.29) is 0 Å². The number of thioether (sulfide) groups is 1. The number of benzene rings is 1. The molecular formula is C15H20ClN3O4S. The van der Waals surface area contributed by atoms with E-state index in [4.69, 9.17) is 22.1 Å². The molecule has 0 saturated carbocycles. The summed E-state index contributed by atoms with van der Waals surface area (Å²) in [7, 11) is 0. The van der Waals surface area contributed by atoms with E-state index in [2.05, 4.69) is 10.6 Å². The zero-order chi connectivity index (χ0) is 18.1. The molecule has 0 saturated heterocycles. The van der Waals surface area contributed by atoms with Crippen LogP contribution < -0.4 is 16.4 Å². The summed E-state index contributed by atoms with van der Waals surface area (Å²) in [6.45, 7) is 1.29. The van der Waals surface area contributed by atoms with Gasteiger partial charge < -0.3 is 21.1 Å². The van der Waals surface area contributed by atoms with Gasteiger partial charge in [0.25, 0.3) is 5.91 Å². The molecule has 1 aromatic carbocycles. The number of ether oxygens (including phenoxy) is 1. The number of halogens is 1. The first kappa shape index (κ1) is 20.1. The van der Waals surface area contributed by atoms with E-state index < -0.39 is 30.6 Å². The van der Waals surface area contributed by atoms with Crippen molar-refractivity contribution in [3.05, 3.63) is 28.8 Å². The second-order valence-electron chi connectivity index (χ2n) is 4.91. The van der Waals surface area contributed by atoms with Gasteiger partial charge in [-0.15, -0.1) is 0 Å². The van der Waals surface area contributed by atoms with Gasteiger partial charge in [-0.25, -0.2) is 9.59 Å². The number of primary amides is 1. The minimum atomic E-state index is -0.879. The van der Waals surface area contributed by atoms with E-state index in [0.717, 1.165) is 0 Å². The lowest BCUT2D eigenvalue weighted by Crippen LogP contribution is -2.45. The molecule has 0 aliphatic carbocycles. The predicted octanol–water partition coefficient (Wildman–Crippen LogP) is 1.92. The van der Waals surface area contributed by atoms with Crippen molar-refractivity contribution >= 4 is 47.0 Å². The van der Waals surface area contributed by atoms with Gasteiger partial charge in [-0.2, -0.15) is 11.8 Å². The van der Waals surface area contributed by atoms with Crippen LogP contribution in [0.2, 0.25) is 5.02 Å². The molecule has 0 spiro atoms. The van der Waals surface area contributed by atoms with Crippen molar-refractivity contribution in [2.75, 3.05) is 23.9 Å². The second-order valence-corrected chi connectivity index (χ2v) is 6.30. The Balaban J connectivity index is 2.56. The first-order valence-corrected chi connectivity index (χ1v) is 8.88. The minimum Gasteiger partial charge on any atom is -0.454 e. The number of hydrogen-bond donors (Lipinski definition) is 3. The maximum absolute atomic E-state index is 12.0. The van der Waals surface area contributed by atoms with Crippen LogP contribution in [0.3, 0.4) is 0 Å². The van der Waals surface area contributed by atoms with Crippen molar-refractivity contribution < 1.29 is 19.1 Å². The Morgan fingerprint density at radius 1 is 1.38 bits per heavy atom. The molecule has 1 aromatic rings. The summed E-state index contributed by atoms with van der Waals surface area (Å²) < 4.78 is 4.94. The van der Waals surface area contributed by atoms with Crippen molar-refractivity contribution in [3.63, 3.8) is 0 Å². The van der Waals surface area contributed by atoms with Crippen LogP contribution in [0.15, 0.2) is 18.2 Å². The molecule has 0 fully saturated rings. The Morgan fingerprint density at radius 3 is 2.71 bits per heavy atom. The van der Waals surface area contributed by atoms with Gasteiger partial charge in [0.1, 0.15) is 6.04 Å². The van der Waals surface area contributed by atoms with Gasteiger partial charge in [-0.05, 0) is 43.0 Å². The first-order chi connectivity index (χ1) is 11.3. The van der Waals surface area contributed by atoms with Crippen LogP contribution in [0.1, 0.15) is 12.0 Å². The fourth-order valence-electron chi connectivity index (χ4n) is 1.82. The number of carbonyl (C=O) groups excluding carboxylic acids is 3. The fourth-order valence-corrected chi connectivity index (χ4v) is 2.47. The smallest absolute Gasteiger partial charge is 0.329 e. The Bertz CT molecular complexity index is 612. The summed E-state index contributed by atoms with van der Waals surface area (Å²) in [4.78, 5) is 34.8. The van der Waals surface area contributed by atoms with Crippen molar-refractivity contribution in [2.24, 2.45) is 5.73 Å². The molecule has 7 nitrogen and oxygen atoms in total. The number of anilines is 1. The SMILES string of the molecule is CSCC[C@H](NC(N)=O)C(=O)OCC(=O)Nc1cccc(Cl)c1C. The summed E-state index contributed by atoms with van der Waals surface area (Å²) in [6.07, 6.45) is 2.23. The van der Waals surface area contributed by atoms with E-state index in [1.165, 1.54) is 11.8 Å². The zero-order valence-electron chi connectivity index (χ0n) is 13.4. The zero-order valence-corrected chi connectivity index (χ0v) is 15.0. The number of rotatable bonds is 8. The van der Waals surface area contributed by atoms with E-state index in [9.17, 15) is 14.4 Å². The Labute approximate surface area is 149 Å². The Kier molecular flexibility index (Phi) is 8.42. The van der Waals surface area contributed by atoms with Gasteiger partial charge in [-0.1, -0.05) is 17.7 Å². The molecule has 9 heteroatoms. The highest BCUT2D eigenvalue weighted by molar-refractivity contribution is 7.98. The topological polar surface area (TPSA) is 111 Å². The molecule has 0 aliphatic rings. The summed E-state index contributed by atoms with van der Waals surface area (Å²) in [5.74, 6) is -0.578. The molecule has 0 radical (unpaired) electrons. The highest BCUT2D eigenvalue weighted by Crippen LogP contribution is 2.22. The fraction of sp³-hybridized carbons (Fsp3) is 0.400. The molecule has 0 unspecified atom stereocenters. The van der Waals surface area contributed by atoms with Crippen LogP contribution >= 0.6 is 23.4 Å². The lowest BCUT2D eigenvalue weighted by Gasteiger charge is -2.16. The number of amides is 3. The summed E-state index contributed by atoms with van der Waals surface area (Å²) in [5, 5.41) is 5.44. The van der Waals surface area contributed by atoms with Crippen LogP contribution in [0, 0.1) is 6.92 Å². The molecule has 0 aliphatic heterocycles. The highest BCUT2D eigenvalue weighted by atomic mass is 35.5. The summed E-state index contributed by atoms with van der Waals surface area (Å²) >= 11 is 7.48. The lowest BCUT2D eigenvalue weighted by atomic mass is 10.2. The number of esters is 1. The summed E-state index contributed by atoms with van der Waals surface area (Å²) in [5.41, 5.74) is 6.29. The van der Waals surface area contributed by atoms with Gasteiger partial charge in [-0.3, -0.25) is 4.79 Å². The third-order valence-corrected chi connectivity index (χ3v) is 4.15. The van der Waals surface area contributed by atoms with E-state index in [0.29, 0.717) is 28.4 Å². The molecule has 1 atom stereocenters. The number of nitrogens with one attached hydrogen (secondary N) is 2. The van der Waals surface area contributed by atoms with Crippen molar-refractivity contribution in [2.45, 2.75) is 19.4 Å². The maximum atomic E-state index is 12.0. The molecule has 0 bridgehead atoms. The number of nitrogens with two attached hydrogens (primary N) is 1. The second kappa shape index (κ2) is 10.0. The van der Waals surface area contributed by atoms with Crippen molar-refractivity contribution in [1.82, 2.24) is 5.32 Å². The van der Waals surface area contributed by atoms with Gasteiger partial charge in [0.15, 0.2) is 6.61 Å². The summed E-state index contributed by atoms with van der Waals surface area (Å²) in [6, 6.07) is 3.40. The molecule has 132 valence electrons. The Hall–Kier alpha value is -1.93. The van der Waals surface area contributed by atoms with Crippen LogP contribution in [-0.2, 0) is 14.3 Å². The van der Waals surface area contributed by atoms with Crippen molar-refractivity contribution in [3.8, 4) is 0 Å². The van der Waals surface area contributed by atoms with Crippen LogP contribution in [0.5, 0.6) is 0 Å². The number of urea groups is 1. The lowest BCUT2D eigenvalue weighted by molar-refractivity contribution is -0.149. The largest absolute Gasteiger partial charge is 0.454 e. The van der Waals surface area contributed by atoms with Gasteiger partial charge in [0.05, 0.1) is 0 Å². The number of carbonyl (C=O) groups is 3. The molecular weight excluding hydrogens is 354 g/mol. The van der Waals surface area contributed by atoms with Crippen LogP contribution in [0.4, 0.5) is 10.5 Å². The highest BCUT2D eigenvalue weighted by Gasteiger charge is 2.22. The quantitative estimate of drug-likeness (QED) is 0.603. The standard InChI is InChI=1S/C15H20ClN3O4S/c1-9-10(16)4-3-5-11(9)18-13(20)8-23-14(21)12(6-7-24-2)19-15(17)22/h3-5,12H,6-8H2,1-2H3,(H,18,20)(H3,17,19,22)/t12-/m0/s1. The predicted molar refractivity (Wildman–Crippen MR) is 95.3 cm³/mol. The third-order valence-electron chi connectivity index (χ3n) is 3.10. The van der Waals surface area contributed by atoms with Gasteiger partial charge >= 0.3 is 12.0 Å². The van der Waals surface area contributed by atoms with Crippen molar-refractivity contribution in [1.29, 1.82) is 0 Å². The molecule has 3 amide bonds.